The minimum atomic E-state index is -1.05. The van der Waals surface area contributed by atoms with E-state index in [1.165, 1.54) is 17.8 Å². The second-order valence-electron chi connectivity index (χ2n) is 6.01. The molecule has 6 heteroatoms. The maximum atomic E-state index is 12.6. The summed E-state index contributed by atoms with van der Waals surface area (Å²) in [4.78, 5) is 24.1. The van der Waals surface area contributed by atoms with Crippen LogP contribution in [0.5, 0.6) is 0 Å². The summed E-state index contributed by atoms with van der Waals surface area (Å²) in [6.45, 7) is 1.77. The Morgan fingerprint density at radius 1 is 1.04 bits per heavy atom. The van der Waals surface area contributed by atoms with E-state index in [2.05, 4.69) is 5.32 Å². The van der Waals surface area contributed by atoms with Gasteiger partial charge in [0.2, 0.25) is 0 Å². The van der Waals surface area contributed by atoms with E-state index < -0.39 is 11.6 Å². The summed E-state index contributed by atoms with van der Waals surface area (Å²) < 4.78 is 0. The summed E-state index contributed by atoms with van der Waals surface area (Å²) in [6, 6.07) is 13.4. The lowest BCUT2D eigenvalue weighted by Gasteiger charge is -2.23. The highest BCUT2D eigenvalue weighted by molar-refractivity contribution is 7.98. The second kappa shape index (κ2) is 8.18. The number of hydrogen-bond acceptors (Lipinski definition) is 4. The maximum absolute atomic E-state index is 12.6. The quantitative estimate of drug-likeness (QED) is 0.708. The first-order valence-electron chi connectivity index (χ1n) is 7.77. The Morgan fingerprint density at radius 2 is 1.56 bits per heavy atom. The van der Waals surface area contributed by atoms with Crippen molar-refractivity contribution < 1.29 is 19.8 Å². The van der Waals surface area contributed by atoms with Gasteiger partial charge < -0.3 is 15.5 Å². The van der Waals surface area contributed by atoms with E-state index in [-0.39, 0.29) is 18.0 Å². The third kappa shape index (κ3) is 4.84. The fraction of sp³-hybridized carbons (Fsp3) is 0.263. The fourth-order valence-electron chi connectivity index (χ4n) is 2.55. The molecule has 2 rings (SSSR count). The molecule has 0 heterocycles. The number of hydrogen-bond donors (Lipinski definition) is 3. The Hall–Kier alpha value is -2.31. The molecule has 25 heavy (non-hydrogen) atoms. The molecule has 2 aromatic carbocycles. The molecule has 0 aliphatic rings. The topological polar surface area (TPSA) is 86.6 Å². The van der Waals surface area contributed by atoms with E-state index in [0.717, 1.165) is 0 Å². The Balaban J connectivity index is 2.33. The van der Waals surface area contributed by atoms with Gasteiger partial charge in [-0.25, -0.2) is 4.79 Å². The van der Waals surface area contributed by atoms with Crippen LogP contribution in [0.2, 0.25) is 0 Å². The Kier molecular flexibility index (Phi) is 6.22. The smallest absolute Gasteiger partial charge is 0.336 e. The molecule has 0 aliphatic heterocycles. The molecule has 132 valence electrons. The molecular weight excluding hydrogens is 338 g/mol. The largest absolute Gasteiger partial charge is 0.478 e. The fourth-order valence-corrected chi connectivity index (χ4v) is 3.27. The van der Waals surface area contributed by atoms with Crippen LogP contribution < -0.4 is 5.32 Å². The lowest BCUT2D eigenvalue weighted by molar-refractivity contribution is 0.0697. The average Bonchev–Trinajstić information content (AvgIpc) is 2.59. The highest BCUT2D eigenvalue weighted by atomic mass is 32.2. The number of rotatable bonds is 7. The number of aliphatic hydroxyl groups is 1. The molecule has 0 saturated carbocycles. The van der Waals surface area contributed by atoms with E-state index in [0.29, 0.717) is 22.4 Å². The van der Waals surface area contributed by atoms with Crippen LogP contribution in [0.15, 0.2) is 48.5 Å². The van der Waals surface area contributed by atoms with Gasteiger partial charge in [0.05, 0.1) is 11.2 Å². The van der Waals surface area contributed by atoms with Gasteiger partial charge in [-0.15, -0.1) is 0 Å². The van der Waals surface area contributed by atoms with Crippen LogP contribution in [-0.2, 0) is 0 Å². The SMILES string of the molecule is CSCC(C)(O)CNC(=O)c1ccccc1-c1ccccc1C(=O)O. The van der Waals surface area contributed by atoms with Crippen molar-refractivity contribution >= 4 is 23.6 Å². The van der Waals surface area contributed by atoms with E-state index in [1.54, 1.807) is 49.4 Å². The molecule has 1 amide bonds. The molecule has 0 spiro atoms. The number of nitrogens with one attached hydrogen (secondary N) is 1. The van der Waals surface area contributed by atoms with Crippen molar-refractivity contribution in [1.29, 1.82) is 0 Å². The van der Waals surface area contributed by atoms with Gasteiger partial charge in [0.15, 0.2) is 0 Å². The summed E-state index contributed by atoms with van der Waals surface area (Å²) in [5, 5.41) is 22.3. The summed E-state index contributed by atoms with van der Waals surface area (Å²) in [5.74, 6) is -0.901. The minimum Gasteiger partial charge on any atom is -0.478 e. The van der Waals surface area contributed by atoms with Gasteiger partial charge in [0, 0.05) is 17.9 Å². The van der Waals surface area contributed by atoms with Crippen molar-refractivity contribution in [3.05, 3.63) is 59.7 Å². The van der Waals surface area contributed by atoms with Crippen molar-refractivity contribution in [1.82, 2.24) is 5.32 Å². The molecule has 0 aliphatic carbocycles. The number of thioether (sulfide) groups is 1. The molecule has 0 aromatic heterocycles. The molecular formula is C19H21NO4S. The Labute approximate surface area is 151 Å². The van der Waals surface area contributed by atoms with Crippen LogP contribution >= 0.6 is 11.8 Å². The normalized spacial score (nSPS) is 13.1. The predicted molar refractivity (Wildman–Crippen MR) is 100 cm³/mol. The molecule has 1 atom stereocenters. The number of aromatic carboxylic acids is 1. The van der Waals surface area contributed by atoms with Crippen molar-refractivity contribution in [2.24, 2.45) is 0 Å². The van der Waals surface area contributed by atoms with E-state index in [4.69, 9.17) is 0 Å². The predicted octanol–water partition coefficient (Wildman–Crippen LogP) is 2.90. The van der Waals surface area contributed by atoms with Gasteiger partial charge in [-0.3, -0.25) is 4.79 Å². The summed E-state index contributed by atoms with van der Waals surface area (Å²) in [5.41, 5.74) is 0.524. The number of carboxylic acid groups (broad SMARTS) is 1. The molecule has 5 nitrogen and oxygen atoms in total. The highest BCUT2D eigenvalue weighted by Gasteiger charge is 2.22. The molecule has 0 radical (unpaired) electrons. The van der Waals surface area contributed by atoms with Crippen molar-refractivity contribution in [3.8, 4) is 11.1 Å². The number of amides is 1. The summed E-state index contributed by atoms with van der Waals surface area (Å²) in [6.07, 6.45) is 1.88. The maximum Gasteiger partial charge on any atom is 0.336 e. The zero-order chi connectivity index (χ0) is 18.4. The summed E-state index contributed by atoms with van der Waals surface area (Å²) in [7, 11) is 0. The third-order valence-corrected chi connectivity index (χ3v) is 4.61. The van der Waals surface area contributed by atoms with Gasteiger partial charge in [0.25, 0.3) is 5.91 Å². The monoisotopic (exact) mass is 359 g/mol. The Bertz CT molecular complexity index is 774. The first kappa shape index (κ1) is 19.0. The first-order valence-corrected chi connectivity index (χ1v) is 9.16. The van der Waals surface area contributed by atoms with E-state index >= 15 is 0 Å². The van der Waals surface area contributed by atoms with Gasteiger partial charge >= 0.3 is 5.97 Å². The number of benzene rings is 2. The van der Waals surface area contributed by atoms with Gasteiger partial charge in [-0.1, -0.05) is 36.4 Å². The molecule has 0 saturated heterocycles. The zero-order valence-electron chi connectivity index (χ0n) is 14.2. The average molecular weight is 359 g/mol. The number of carbonyl (C=O) groups is 2. The third-order valence-electron chi connectivity index (χ3n) is 3.70. The minimum absolute atomic E-state index is 0.113. The van der Waals surface area contributed by atoms with E-state index in [1.807, 2.05) is 6.26 Å². The van der Waals surface area contributed by atoms with Crippen LogP contribution in [0.1, 0.15) is 27.6 Å². The lowest BCUT2D eigenvalue weighted by Crippen LogP contribution is -2.42. The molecule has 0 bridgehead atoms. The Morgan fingerprint density at radius 3 is 2.12 bits per heavy atom. The first-order chi connectivity index (χ1) is 11.9. The standard InChI is InChI=1S/C19H21NO4S/c1-19(24,12-25-2)11-20-17(21)15-9-5-3-7-13(15)14-8-4-6-10-16(14)18(22)23/h3-10,24H,11-12H2,1-2H3,(H,20,21)(H,22,23). The van der Waals surface area contributed by atoms with Crippen LogP contribution in [0.25, 0.3) is 11.1 Å². The van der Waals surface area contributed by atoms with Crippen LogP contribution in [0, 0.1) is 0 Å². The molecule has 2 aromatic rings. The highest BCUT2D eigenvalue weighted by Crippen LogP contribution is 2.27. The molecule has 0 fully saturated rings. The number of carbonyl (C=O) groups excluding carboxylic acids is 1. The van der Waals surface area contributed by atoms with Crippen molar-refractivity contribution in [3.63, 3.8) is 0 Å². The van der Waals surface area contributed by atoms with Gasteiger partial charge in [0.1, 0.15) is 0 Å². The van der Waals surface area contributed by atoms with Gasteiger partial charge in [-0.2, -0.15) is 11.8 Å². The van der Waals surface area contributed by atoms with Crippen LogP contribution in [0.3, 0.4) is 0 Å². The second-order valence-corrected chi connectivity index (χ2v) is 6.87. The van der Waals surface area contributed by atoms with Crippen molar-refractivity contribution in [2.75, 3.05) is 18.6 Å². The van der Waals surface area contributed by atoms with E-state index in [9.17, 15) is 19.8 Å². The lowest BCUT2D eigenvalue weighted by atomic mass is 9.95. The molecule has 1 unspecified atom stereocenters. The van der Waals surface area contributed by atoms with Crippen molar-refractivity contribution in [2.45, 2.75) is 12.5 Å². The van der Waals surface area contributed by atoms with Crippen LogP contribution in [-0.4, -0.2) is 46.2 Å². The summed E-state index contributed by atoms with van der Waals surface area (Å²) >= 11 is 1.49. The number of carboxylic acids is 1. The molecule has 3 N–H and O–H groups in total. The van der Waals surface area contributed by atoms with Crippen LogP contribution in [0.4, 0.5) is 0 Å². The zero-order valence-corrected chi connectivity index (χ0v) is 15.0. The van der Waals surface area contributed by atoms with Gasteiger partial charge in [-0.05, 0) is 36.4 Å².